The highest BCUT2D eigenvalue weighted by atomic mass is 127. The highest BCUT2D eigenvalue weighted by molar-refractivity contribution is 14.0. The predicted molar refractivity (Wildman–Crippen MR) is 138 cm³/mol. The molecule has 2 aromatic carbocycles. The fourth-order valence-electron chi connectivity index (χ4n) is 3.59. The molecule has 0 bridgehead atoms. The molecule has 2 aromatic rings. The summed E-state index contributed by atoms with van der Waals surface area (Å²) >= 11 is 6.26. The number of morpholine rings is 1. The molecule has 170 valence electrons. The number of hydrogen-bond donors (Lipinski definition) is 2. The second-order valence-electron chi connectivity index (χ2n) is 7.20. The van der Waals surface area contributed by atoms with Gasteiger partial charge in [0.2, 0.25) is 0 Å². The van der Waals surface area contributed by atoms with E-state index in [4.69, 9.17) is 21.1 Å². The molecule has 31 heavy (non-hydrogen) atoms. The maximum atomic E-state index is 6.26. The van der Waals surface area contributed by atoms with Gasteiger partial charge < -0.3 is 20.1 Å². The average molecular weight is 559 g/mol. The van der Waals surface area contributed by atoms with E-state index in [9.17, 15) is 0 Å². The first-order valence-electron chi connectivity index (χ1n) is 10.3. The Morgan fingerprint density at radius 2 is 1.90 bits per heavy atom. The van der Waals surface area contributed by atoms with Gasteiger partial charge >= 0.3 is 0 Å². The Morgan fingerprint density at radius 3 is 2.55 bits per heavy atom. The monoisotopic (exact) mass is 558 g/mol. The van der Waals surface area contributed by atoms with E-state index in [0.29, 0.717) is 0 Å². The van der Waals surface area contributed by atoms with Gasteiger partial charge in [-0.1, -0.05) is 35.9 Å². The van der Waals surface area contributed by atoms with Crippen molar-refractivity contribution < 1.29 is 9.47 Å². The van der Waals surface area contributed by atoms with Crippen molar-refractivity contribution in [2.24, 2.45) is 4.99 Å². The Bertz CT molecular complexity index is 813. The predicted octanol–water partition coefficient (Wildman–Crippen LogP) is 3.75. The zero-order chi connectivity index (χ0) is 21.2. The molecule has 1 aliphatic heterocycles. The molecule has 1 aliphatic rings. The van der Waals surface area contributed by atoms with Gasteiger partial charge in [-0.25, -0.2) is 0 Å². The van der Waals surface area contributed by atoms with Gasteiger partial charge in [-0.2, -0.15) is 0 Å². The smallest absolute Gasteiger partial charge is 0.191 e. The Hall–Kier alpha value is -1.55. The largest absolute Gasteiger partial charge is 0.497 e. The molecule has 1 fully saturated rings. The van der Waals surface area contributed by atoms with E-state index in [1.54, 1.807) is 14.2 Å². The number of hydrogen-bond acceptors (Lipinski definition) is 4. The van der Waals surface area contributed by atoms with E-state index in [0.717, 1.165) is 62.5 Å². The van der Waals surface area contributed by atoms with Crippen LogP contribution in [-0.4, -0.2) is 64.4 Å². The maximum Gasteiger partial charge on any atom is 0.191 e. The third-order valence-electron chi connectivity index (χ3n) is 5.27. The molecule has 0 spiro atoms. The molecule has 0 amide bonds. The molecular weight excluding hydrogens is 527 g/mol. The minimum Gasteiger partial charge on any atom is -0.497 e. The molecule has 0 radical (unpaired) electrons. The Morgan fingerprint density at radius 1 is 1.16 bits per heavy atom. The number of aliphatic imine (C=N–C) groups is 1. The first-order valence-corrected chi connectivity index (χ1v) is 10.7. The Kier molecular flexibility index (Phi) is 11.4. The van der Waals surface area contributed by atoms with Crippen LogP contribution in [0.3, 0.4) is 0 Å². The van der Waals surface area contributed by atoms with Crippen molar-refractivity contribution in [3.63, 3.8) is 0 Å². The van der Waals surface area contributed by atoms with Crippen molar-refractivity contribution in [2.45, 2.75) is 12.5 Å². The standard InChI is InChI=1S/C23H31ClN4O2.HI/c1-25-23(26-11-10-18-6-8-21(29-2)9-7-18)27-17-22(28-12-14-30-15-13-28)19-4-3-5-20(24)16-19;/h3-9,16,22H,10-15,17H2,1-2H3,(H2,25,26,27);1H. The second kappa shape index (κ2) is 13.8. The molecule has 8 heteroatoms. The summed E-state index contributed by atoms with van der Waals surface area (Å²) in [5, 5.41) is 7.65. The molecule has 1 heterocycles. The van der Waals surface area contributed by atoms with Gasteiger partial charge in [0.15, 0.2) is 5.96 Å². The number of ether oxygens (including phenoxy) is 2. The highest BCUT2D eigenvalue weighted by Crippen LogP contribution is 2.24. The fourth-order valence-corrected chi connectivity index (χ4v) is 3.79. The molecule has 0 aliphatic carbocycles. The second-order valence-corrected chi connectivity index (χ2v) is 7.63. The Labute approximate surface area is 207 Å². The summed E-state index contributed by atoms with van der Waals surface area (Å²) < 4.78 is 10.7. The molecule has 3 rings (SSSR count). The lowest BCUT2D eigenvalue weighted by molar-refractivity contribution is 0.0170. The third-order valence-corrected chi connectivity index (χ3v) is 5.51. The van der Waals surface area contributed by atoms with Crippen molar-refractivity contribution in [1.82, 2.24) is 15.5 Å². The van der Waals surface area contributed by atoms with E-state index >= 15 is 0 Å². The summed E-state index contributed by atoms with van der Waals surface area (Å²) in [4.78, 5) is 6.82. The van der Waals surface area contributed by atoms with E-state index in [1.807, 2.05) is 30.3 Å². The average Bonchev–Trinajstić information content (AvgIpc) is 2.79. The van der Waals surface area contributed by atoms with Crippen LogP contribution in [0.15, 0.2) is 53.5 Å². The first-order chi connectivity index (χ1) is 14.7. The molecule has 1 unspecified atom stereocenters. The number of nitrogens with one attached hydrogen (secondary N) is 2. The van der Waals surface area contributed by atoms with Crippen LogP contribution in [0.1, 0.15) is 17.2 Å². The van der Waals surface area contributed by atoms with Crippen molar-refractivity contribution in [3.05, 3.63) is 64.7 Å². The zero-order valence-corrected chi connectivity index (χ0v) is 21.2. The van der Waals surface area contributed by atoms with Gasteiger partial charge in [-0.05, 0) is 41.8 Å². The summed E-state index contributed by atoms with van der Waals surface area (Å²) in [5.41, 5.74) is 2.45. The van der Waals surface area contributed by atoms with Crippen LogP contribution in [0.5, 0.6) is 5.75 Å². The van der Waals surface area contributed by atoms with E-state index in [-0.39, 0.29) is 30.0 Å². The van der Waals surface area contributed by atoms with Gasteiger partial charge in [0, 0.05) is 38.2 Å². The summed E-state index contributed by atoms with van der Waals surface area (Å²) in [7, 11) is 3.48. The number of benzene rings is 2. The van der Waals surface area contributed by atoms with E-state index < -0.39 is 0 Å². The molecule has 0 saturated carbocycles. The highest BCUT2D eigenvalue weighted by Gasteiger charge is 2.23. The molecule has 6 nitrogen and oxygen atoms in total. The number of nitrogens with zero attached hydrogens (tertiary/aromatic N) is 2. The van der Waals surface area contributed by atoms with Crippen molar-refractivity contribution in [3.8, 4) is 5.75 Å². The van der Waals surface area contributed by atoms with E-state index in [1.165, 1.54) is 11.1 Å². The van der Waals surface area contributed by atoms with Gasteiger partial charge in [-0.3, -0.25) is 9.89 Å². The number of guanidine groups is 1. The Balaban J connectivity index is 0.00000341. The number of halogens is 2. The molecule has 0 aromatic heterocycles. The summed E-state index contributed by atoms with van der Waals surface area (Å²) in [6, 6.07) is 16.4. The lowest BCUT2D eigenvalue weighted by atomic mass is 10.0. The number of rotatable bonds is 8. The van der Waals surface area contributed by atoms with Crippen LogP contribution in [0.4, 0.5) is 0 Å². The zero-order valence-electron chi connectivity index (χ0n) is 18.1. The van der Waals surface area contributed by atoms with Crippen LogP contribution in [-0.2, 0) is 11.2 Å². The summed E-state index contributed by atoms with van der Waals surface area (Å²) in [5.74, 6) is 1.67. The maximum absolute atomic E-state index is 6.26. The third kappa shape index (κ3) is 8.14. The first kappa shape index (κ1) is 25.7. The summed E-state index contributed by atoms with van der Waals surface area (Å²) in [6.07, 6.45) is 0.909. The van der Waals surface area contributed by atoms with Crippen LogP contribution in [0.2, 0.25) is 5.02 Å². The van der Waals surface area contributed by atoms with Gasteiger partial charge in [0.05, 0.1) is 26.4 Å². The summed E-state index contributed by atoms with van der Waals surface area (Å²) in [6.45, 7) is 4.86. The lowest BCUT2D eigenvalue weighted by Crippen LogP contribution is -2.46. The van der Waals surface area contributed by atoms with Crippen LogP contribution < -0.4 is 15.4 Å². The van der Waals surface area contributed by atoms with Crippen LogP contribution in [0.25, 0.3) is 0 Å². The molecule has 1 saturated heterocycles. The SMILES string of the molecule is CN=C(NCCc1ccc(OC)cc1)NCC(c1cccc(Cl)c1)N1CCOCC1.I. The van der Waals surface area contributed by atoms with Gasteiger partial charge in [-0.15, -0.1) is 24.0 Å². The quantitative estimate of drug-likeness (QED) is 0.294. The molecule has 2 N–H and O–H groups in total. The minimum absolute atomic E-state index is 0. The van der Waals surface area contributed by atoms with Crippen molar-refractivity contribution in [1.29, 1.82) is 0 Å². The minimum atomic E-state index is 0. The van der Waals surface area contributed by atoms with Gasteiger partial charge in [0.25, 0.3) is 0 Å². The lowest BCUT2D eigenvalue weighted by Gasteiger charge is -2.35. The van der Waals surface area contributed by atoms with Gasteiger partial charge in [0.1, 0.15) is 5.75 Å². The number of methoxy groups -OCH3 is 1. The topological polar surface area (TPSA) is 58.1 Å². The van der Waals surface area contributed by atoms with E-state index in [2.05, 4.69) is 38.7 Å². The van der Waals surface area contributed by atoms with Crippen LogP contribution in [0, 0.1) is 0 Å². The normalized spacial score (nSPS) is 15.6. The van der Waals surface area contributed by atoms with Crippen molar-refractivity contribution in [2.75, 3.05) is 53.6 Å². The van der Waals surface area contributed by atoms with Crippen molar-refractivity contribution >= 4 is 41.5 Å². The molecular formula is C23H32ClIN4O2. The fraction of sp³-hybridized carbons (Fsp3) is 0.435. The van der Waals surface area contributed by atoms with Crippen LogP contribution >= 0.6 is 35.6 Å². The molecule has 1 atom stereocenters.